The SMILES string of the molecule is COC(=O)CC[C@H]1CCNC[C@H]1F. The van der Waals surface area contributed by atoms with E-state index in [-0.39, 0.29) is 11.9 Å². The maximum absolute atomic E-state index is 13.2. The van der Waals surface area contributed by atoms with E-state index < -0.39 is 6.17 Å². The number of halogens is 1. The average Bonchev–Trinajstić information content (AvgIpc) is 2.16. The maximum atomic E-state index is 13.2. The van der Waals surface area contributed by atoms with Crippen molar-refractivity contribution < 1.29 is 13.9 Å². The second kappa shape index (κ2) is 5.17. The Kier molecular flexibility index (Phi) is 4.15. The molecule has 0 aromatic carbocycles. The molecular formula is C9H16FNO2. The molecule has 1 heterocycles. The zero-order valence-corrected chi connectivity index (χ0v) is 7.88. The summed E-state index contributed by atoms with van der Waals surface area (Å²) < 4.78 is 17.7. The van der Waals surface area contributed by atoms with Gasteiger partial charge in [-0.15, -0.1) is 0 Å². The van der Waals surface area contributed by atoms with Crippen molar-refractivity contribution in [2.45, 2.75) is 25.4 Å². The molecule has 0 unspecified atom stereocenters. The Morgan fingerprint density at radius 3 is 3.08 bits per heavy atom. The monoisotopic (exact) mass is 189 g/mol. The summed E-state index contributed by atoms with van der Waals surface area (Å²) in [6.45, 7) is 1.28. The van der Waals surface area contributed by atoms with Gasteiger partial charge in [-0.1, -0.05) is 0 Å². The second-order valence-corrected chi connectivity index (χ2v) is 3.38. The molecule has 0 amide bonds. The van der Waals surface area contributed by atoms with Gasteiger partial charge in [0.15, 0.2) is 0 Å². The summed E-state index contributed by atoms with van der Waals surface area (Å²) in [5, 5.41) is 2.97. The van der Waals surface area contributed by atoms with Crippen molar-refractivity contribution in [1.29, 1.82) is 0 Å². The largest absolute Gasteiger partial charge is 0.469 e. The van der Waals surface area contributed by atoms with Crippen molar-refractivity contribution >= 4 is 5.97 Å². The van der Waals surface area contributed by atoms with Crippen LogP contribution in [0.15, 0.2) is 0 Å². The zero-order chi connectivity index (χ0) is 9.68. The Morgan fingerprint density at radius 2 is 2.46 bits per heavy atom. The Labute approximate surface area is 77.6 Å². The Hall–Kier alpha value is -0.640. The first-order chi connectivity index (χ1) is 6.24. The van der Waals surface area contributed by atoms with E-state index in [1.54, 1.807) is 0 Å². The van der Waals surface area contributed by atoms with Crippen LogP contribution < -0.4 is 5.32 Å². The van der Waals surface area contributed by atoms with Gasteiger partial charge in [-0.05, 0) is 25.3 Å². The molecule has 1 fully saturated rings. The van der Waals surface area contributed by atoms with Crippen LogP contribution >= 0.6 is 0 Å². The van der Waals surface area contributed by atoms with Crippen LogP contribution in [0.3, 0.4) is 0 Å². The third-order valence-corrected chi connectivity index (χ3v) is 2.49. The third kappa shape index (κ3) is 3.30. The molecule has 1 saturated heterocycles. The first-order valence-electron chi connectivity index (χ1n) is 4.65. The number of carbonyl (C=O) groups excluding carboxylic acids is 1. The highest BCUT2D eigenvalue weighted by atomic mass is 19.1. The number of rotatable bonds is 3. The highest BCUT2D eigenvalue weighted by Gasteiger charge is 2.24. The molecule has 2 atom stereocenters. The topological polar surface area (TPSA) is 38.3 Å². The second-order valence-electron chi connectivity index (χ2n) is 3.38. The lowest BCUT2D eigenvalue weighted by molar-refractivity contribution is -0.141. The van der Waals surface area contributed by atoms with Crippen LogP contribution in [0.5, 0.6) is 0 Å². The van der Waals surface area contributed by atoms with Crippen molar-refractivity contribution in [3.63, 3.8) is 0 Å². The van der Waals surface area contributed by atoms with Gasteiger partial charge in [0.1, 0.15) is 6.17 Å². The van der Waals surface area contributed by atoms with Crippen LogP contribution in [0, 0.1) is 5.92 Å². The van der Waals surface area contributed by atoms with Gasteiger partial charge in [0.05, 0.1) is 7.11 Å². The third-order valence-electron chi connectivity index (χ3n) is 2.49. The summed E-state index contributed by atoms with van der Waals surface area (Å²) in [5.74, 6) is -0.217. The van der Waals surface area contributed by atoms with Gasteiger partial charge in [-0.3, -0.25) is 4.79 Å². The number of alkyl halides is 1. The minimum absolute atomic E-state index is 0.0281. The van der Waals surface area contributed by atoms with E-state index in [2.05, 4.69) is 10.1 Å². The standard InChI is InChI=1S/C9H16FNO2/c1-13-9(12)3-2-7-4-5-11-6-8(7)10/h7-8,11H,2-6H2,1H3/t7-,8+/m0/s1. The van der Waals surface area contributed by atoms with E-state index in [0.717, 1.165) is 13.0 Å². The number of carbonyl (C=O) groups is 1. The fourth-order valence-electron chi connectivity index (χ4n) is 1.61. The molecule has 1 rings (SSSR count). The summed E-state index contributed by atoms with van der Waals surface area (Å²) in [4.78, 5) is 10.8. The van der Waals surface area contributed by atoms with E-state index in [1.165, 1.54) is 7.11 Å². The number of piperidine rings is 1. The Balaban J connectivity index is 2.22. The molecule has 1 aliphatic rings. The van der Waals surface area contributed by atoms with E-state index in [4.69, 9.17) is 0 Å². The maximum Gasteiger partial charge on any atom is 0.305 e. The van der Waals surface area contributed by atoms with Crippen molar-refractivity contribution in [2.75, 3.05) is 20.2 Å². The molecule has 0 radical (unpaired) electrons. The van der Waals surface area contributed by atoms with E-state index >= 15 is 0 Å². The van der Waals surface area contributed by atoms with Gasteiger partial charge in [0, 0.05) is 13.0 Å². The summed E-state index contributed by atoms with van der Waals surface area (Å²) in [6.07, 6.45) is 0.952. The lowest BCUT2D eigenvalue weighted by Gasteiger charge is -2.26. The molecule has 0 saturated carbocycles. The van der Waals surface area contributed by atoms with Crippen molar-refractivity contribution in [3.8, 4) is 0 Å². The first-order valence-corrected chi connectivity index (χ1v) is 4.65. The van der Waals surface area contributed by atoms with Crippen LogP contribution in [-0.2, 0) is 9.53 Å². The average molecular weight is 189 g/mol. The van der Waals surface area contributed by atoms with Gasteiger partial charge in [0.2, 0.25) is 0 Å². The van der Waals surface area contributed by atoms with Crippen molar-refractivity contribution in [1.82, 2.24) is 5.32 Å². The van der Waals surface area contributed by atoms with E-state index in [9.17, 15) is 9.18 Å². The molecule has 13 heavy (non-hydrogen) atoms. The fraction of sp³-hybridized carbons (Fsp3) is 0.889. The lowest BCUT2D eigenvalue weighted by atomic mass is 9.91. The fourth-order valence-corrected chi connectivity index (χ4v) is 1.61. The molecule has 3 nitrogen and oxygen atoms in total. The number of nitrogens with one attached hydrogen (secondary N) is 1. The van der Waals surface area contributed by atoms with Crippen LogP contribution in [-0.4, -0.2) is 32.3 Å². The molecule has 0 aromatic heterocycles. The van der Waals surface area contributed by atoms with Gasteiger partial charge in [0.25, 0.3) is 0 Å². The molecule has 0 spiro atoms. The molecule has 1 aliphatic heterocycles. The van der Waals surface area contributed by atoms with E-state index in [1.807, 2.05) is 0 Å². The number of hydrogen-bond acceptors (Lipinski definition) is 3. The number of esters is 1. The molecule has 1 N–H and O–H groups in total. The minimum Gasteiger partial charge on any atom is -0.469 e. The van der Waals surface area contributed by atoms with Gasteiger partial charge >= 0.3 is 5.97 Å². The quantitative estimate of drug-likeness (QED) is 0.670. The normalized spacial score (nSPS) is 28.5. The van der Waals surface area contributed by atoms with Gasteiger partial charge < -0.3 is 10.1 Å². The van der Waals surface area contributed by atoms with Crippen molar-refractivity contribution in [2.24, 2.45) is 5.92 Å². The smallest absolute Gasteiger partial charge is 0.305 e. The highest BCUT2D eigenvalue weighted by Crippen LogP contribution is 2.21. The number of hydrogen-bond donors (Lipinski definition) is 1. The zero-order valence-electron chi connectivity index (χ0n) is 7.88. The number of ether oxygens (including phenoxy) is 1. The van der Waals surface area contributed by atoms with Crippen LogP contribution in [0.2, 0.25) is 0 Å². The van der Waals surface area contributed by atoms with Crippen LogP contribution in [0.1, 0.15) is 19.3 Å². The van der Waals surface area contributed by atoms with Crippen molar-refractivity contribution in [3.05, 3.63) is 0 Å². The summed E-state index contributed by atoms with van der Waals surface area (Å²) in [7, 11) is 1.36. The summed E-state index contributed by atoms with van der Waals surface area (Å²) in [6, 6.07) is 0. The Morgan fingerprint density at radius 1 is 1.69 bits per heavy atom. The molecule has 4 heteroatoms. The summed E-state index contributed by atoms with van der Waals surface area (Å²) >= 11 is 0. The van der Waals surface area contributed by atoms with Gasteiger partial charge in [-0.25, -0.2) is 4.39 Å². The molecule has 0 bridgehead atoms. The lowest BCUT2D eigenvalue weighted by Crippen LogP contribution is -2.38. The Bertz CT molecular complexity index is 175. The molecule has 76 valence electrons. The van der Waals surface area contributed by atoms with Crippen LogP contribution in [0.25, 0.3) is 0 Å². The minimum atomic E-state index is -0.807. The van der Waals surface area contributed by atoms with E-state index in [0.29, 0.717) is 19.4 Å². The highest BCUT2D eigenvalue weighted by molar-refractivity contribution is 5.69. The first kappa shape index (κ1) is 10.4. The molecular weight excluding hydrogens is 173 g/mol. The van der Waals surface area contributed by atoms with Crippen LogP contribution in [0.4, 0.5) is 4.39 Å². The molecule has 0 aliphatic carbocycles. The predicted molar refractivity (Wildman–Crippen MR) is 47.1 cm³/mol. The van der Waals surface area contributed by atoms with Gasteiger partial charge in [-0.2, -0.15) is 0 Å². The number of methoxy groups -OCH3 is 1. The summed E-state index contributed by atoms with van der Waals surface area (Å²) in [5.41, 5.74) is 0. The molecule has 0 aromatic rings. The predicted octanol–water partition coefficient (Wildman–Crippen LogP) is 0.887.